The zero-order chi connectivity index (χ0) is 22.1. The van der Waals surface area contributed by atoms with Gasteiger partial charge in [-0.15, -0.1) is 12.8 Å². The molecule has 0 fully saturated rings. The van der Waals surface area contributed by atoms with Crippen LogP contribution in [0.2, 0.25) is 0 Å². The summed E-state index contributed by atoms with van der Waals surface area (Å²) in [6.07, 6.45) is 11.2. The van der Waals surface area contributed by atoms with Gasteiger partial charge in [0.25, 0.3) is 0 Å². The Kier molecular flexibility index (Phi) is 8.08. The third-order valence-corrected chi connectivity index (χ3v) is 5.07. The number of benzene rings is 3. The van der Waals surface area contributed by atoms with Crippen molar-refractivity contribution in [3.63, 3.8) is 0 Å². The van der Waals surface area contributed by atoms with E-state index in [9.17, 15) is 0 Å². The second-order valence-electron chi connectivity index (χ2n) is 8.00. The van der Waals surface area contributed by atoms with Crippen LogP contribution in [0, 0.1) is 24.7 Å². The molecule has 3 aromatic rings. The maximum absolute atomic E-state index is 5.71. The molecule has 2 nitrogen and oxygen atoms in total. The largest absolute Gasteiger partial charge is 0.374 e. The Labute approximate surface area is 186 Å². The first-order chi connectivity index (χ1) is 15.1. The van der Waals surface area contributed by atoms with Gasteiger partial charge < -0.3 is 4.74 Å². The highest BCUT2D eigenvalue weighted by molar-refractivity contribution is 5.35. The van der Waals surface area contributed by atoms with Crippen molar-refractivity contribution < 1.29 is 4.74 Å². The molecule has 0 saturated carbocycles. The molecule has 0 amide bonds. The Morgan fingerprint density at radius 2 is 1.00 bits per heavy atom. The van der Waals surface area contributed by atoms with E-state index in [1.807, 2.05) is 24.3 Å². The first kappa shape index (κ1) is 22.4. The van der Waals surface area contributed by atoms with E-state index in [1.54, 1.807) is 0 Å². The van der Waals surface area contributed by atoms with E-state index in [1.165, 1.54) is 22.3 Å². The normalized spacial score (nSPS) is 10.8. The fourth-order valence-electron chi connectivity index (χ4n) is 3.36. The van der Waals surface area contributed by atoms with Crippen molar-refractivity contribution in [1.29, 1.82) is 0 Å². The number of ether oxygens (including phenoxy) is 1. The Morgan fingerprint density at radius 3 is 1.35 bits per heavy atom. The molecular weight excluding hydrogens is 378 g/mol. The van der Waals surface area contributed by atoms with Gasteiger partial charge in [-0.05, 0) is 60.4 Å². The van der Waals surface area contributed by atoms with E-state index in [0.717, 1.165) is 30.8 Å². The molecule has 31 heavy (non-hydrogen) atoms. The van der Waals surface area contributed by atoms with Crippen molar-refractivity contribution >= 4 is 0 Å². The summed E-state index contributed by atoms with van der Waals surface area (Å²) in [7, 11) is 0. The third kappa shape index (κ3) is 7.16. The van der Waals surface area contributed by atoms with Gasteiger partial charge in [0.15, 0.2) is 0 Å². The van der Waals surface area contributed by atoms with Crippen LogP contribution < -0.4 is 0 Å². The van der Waals surface area contributed by atoms with Gasteiger partial charge in [0.05, 0.1) is 12.7 Å². The molecule has 0 aromatic heterocycles. The number of hydrogen-bond acceptors (Lipinski definition) is 2. The Hall–Kier alpha value is -3.30. The van der Waals surface area contributed by atoms with Gasteiger partial charge >= 0.3 is 0 Å². The molecule has 0 spiro atoms. The molecule has 3 rings (SSSR count). The summed E-state index contributed by atoms with van der Waals surface area (Å²) in [6.45, 7) is 7.26. The van der Waals surface area contributed by atoms with Gasteiger partial charge in [0, 0.05) is 30.8 Å². The molecule has 0 aliphatic rings. The summed E-state index contributed by atoms with van der Waals surface area (Å²) in [5, 5.41) is 0. The molecule has 0 atom stereocenters. The second-order valence-corrected chi connectivity index (χ2v) is 8.00. The quantitative estimate of drug-likeness (QED) is 0.417. The predicted molar refractivity (Wildman–Crippen MR) is 128 cm³/mol. The summed E-state index contributed by atoms with van der Waals surface area (Å²) >= 11 is 0. The first-order valence-electron chi connectivity index (χ1n) is 10.6. The van der Waals surface area contributed by atoms with Crippen molar-refractivity contribution in [2.75, 3.05) is 0 Å². The van der Waals surface area contributed by atoms with Crippen LogP contribution >= 0.6 is 0 Å². The minimum Gasteiger partial charge on any atom is -0.374 e. The topological polar surface area (TPSA) is 12.5 Å². The minimum absolute atomic E-state index is 0.233. The van der Waals surface area contributed by atoms with Crippen molar-refractivity contribution in [3.05, 3.63) is 106 Å². The fraction of sp³-hybridized carbons (Fsp3) is 0.241. The smallest absolute Gasteiger partial charge is 0.0720 e. The second kappa shape index (κ2) is 11.2. The number of rotatable bonds is 9. The van der Waals surface area contributed by atoms with Crippen molar-refractivity contribution in [3.8, 4) is 24.7 Å². The van der Waals surface area contributed by atoms with Gasteiger partial charge in [-0.3, -0.25) is 4.90 Å². The fourth-order valence-corrected chi connectivity index (χ4v) is 3.36. The molecule has 3 aromatic carbocycles. The van der Waals surface area contributed by atoms with Crippen LogP contribution in [-0.4, -0.2) is 11.0 Å². The van der Waals surface area contributed by atoms with Gasteiger partial charge in [0.2, 0.25) is 0 Å². The van der Waals surface area contributed by atoms with E-state index in [4.69, 9.17) is 17.6 Å². The van der Waals surface area contributed by atoms with Crippen LogP contribution in [0.25, 0.3) is 0 Å². The highest BCUT2D eigenvalue weighted by Gasteiger charge is 2.09. The summed E-state index contributed by atoms with van der Waals surface area (Å²) < 4.78 is 5.71. The van der Waals surface area contributed by atoms with Gasteiger partial charge in [-0.25, -0.2) is 0 Å². The van der Waals surface area contributed by atoms with Crippen LogP contribution in [0.4, 0.5) is 0 Å². The first-order valence-corrected chi connectivity index (χ1v) is 10.6. The van der Waals surface area contributed by atoms with E-state index in [2.05, 4.69) is 79.1 Å². The molecule has 0 heterocycles. The molecule has 0 saturated heterocycles. The lowest BCUT2D eigenvalue weighted by molar-refractivity contribution is 0.0657. The molecule has 0 bridgehead atoms. The van der Waals surface area contributed by atoms with Crippen molar-refractivity contribution in [2.45, 2.75) is 46.2 Å². The molecule has 0 radical (unpaired) electrons. The van der Waals surface area contributed by atoms with Gasteiger partial charge in [-0.2, -0.15) is 0 Å². The lowest BCUT2D eigenvalue weighted by Crippen LogP contribution is -2.22. The maximum Gasteiger partial charge on any atom is 0.0720 e. The number of hydrogen-bond donors (Lipinski definition) is 0. The molecule has 0 unspecified atom stereocenters. The summed E-state index contributed by atoms with van der Waals surface area (Å²) in [5.41, 5.74) is 6.74. The van der Waals surface area contributed by atoms with Gasteiger partial charge in [0.1, 0.15) is 0 Å². The third-order valence-electron chi connectivity index (χ3n) is 5.07. The highest BCUT2D eigenvalue weighted by Crippen LogP contribution is 2.16. The number of nitrogens with zero attached hydrogens (tertiary/aromatic N) is 1. The highest BCUT2D eigenvalue weighted by atomic mass is 16.5. The molecule has 0 aliphatic carbocycles. The summed E-state index contributed by atoms with van der Waals surface area (Å²) in [6, 6.07) is 25.1. The van der Waals surface area contributed by atoms with E-state index in [0.29, 0.717) is 6.61 Å². The predicted octanol–water partition coefficient (Wildman–Crippen LogP) is 5.78. The lowest BCUT2D eigenvalue weighted by Gasteiger charge is -2.23. The van der Waals surface area contributed by atoms with Crippen LogP contribution in [0.1, 0.15) is 47.2 Å². The Morgan fingerprint density at radius 1 is 0.645 bits per heavy atom. The molecular formula is C29H29NO. The number of terminal acetylenes is 2. The van der Waals surface area contributed by atoms with Gasteiger partial charge in [-0.1, -0.05) is 60.4 Å². The zero-order valence-corrected chi connectivity index (χ0v) is 18.3. The molecule has 2 heteroatoms. The standard InChI is InChI=1S/C29H29NO/c1-5-24-7-11-26(12-8-24)19-30(20-27-13-9-25(6-2)10-14-27)21-28-15-17-29(18-16-28)22-31-23(3)4/h1-2,7-18,23H,19-22H2,3-4H3. The molecule has 156 valence electrons. The Bertz CT molecular complexity index is 973. The van der Waals surface area contributed by atoms with Crippen LogP contribution in [0.5, 0.6) is 0 Å². The lowest BCUT2D eigenvalue weighted by atomic mass is 10.1. The van der Waals surface area contributed by atoms with Crippen LogP contribution in [0.15, 0.2) is 72.8 Å². The van der Waals surface area contributed by atoms with Crippen LogP contribution in [0.3, 0.4) is 0 Å². The minimum atomic E-state index is 0.233. The Balaban J connectivity index is 1.73. The summed E-state index contributed by atoms with van der Waals surface area (Å²) in [4.78, 5) is 2.43. The van der Waals surface area contributed by atoms with E-state index < -0.39 is 0 Å². The van der Waals surface area contributed by atoms with E-state index in [-0.39, 0.29) is 6.10 Å². The van der Waals surface area contributed by atoms with Crippen molar-refractivity contribution in [2.24, 2.45) is 0 Å². The average Bonchev–Trinajstić information content (AvgIpc) is 2.79. The molecule has 0 aliphatic heterocycles. The summed E-state index contributed by atoms with van der Waals surface area (Å²) in [5.74, 6) is 5.36. The van der Waals surface area contributed by atoms with Crippen molar-refractivity contribution in [1.82, 2.24) is 4.90 Å². The SMILES string of the molecule is C#Cc1ccc(CN(Cc2ccc(C#C)cc2)Cc2ccc(COC(C)C)cc2)cc1. The maximum atomic E-state index is 5.71. The van der Waals surface area contributed by atoms with E-state index >= 15 is 0 Å². The average molecular weight is 408 g/mol. The molecule has 0 N–H and O–H groups in total. The van der Waals surface area contributed by atoms with Crippen LogP contribution in [-0.2, 0) is 31.0 Å². The zero-order valence-electron chi connectivity index (χ0n) is 18.3. The monoisotopic (exact) mass is 407 g/mol.